The van der Waals surface area contributed by atoms with Crippen LogP contribution < -0.4 is 0 Å². The highest BCUT2D eigenvalue weighted by molar-refractivity contribution is 8.76. The van der Waals surface area contributed by atoms with E-state index >= 15 is 0 Å². The smallest absolute Gasteiger partial charge is 0.189 e. The molecule has 0 heterocycles. The minimum atomic E-state index is -2.16. The summed E-state index contributed by atoms with van der Waals surface area (Å²) in [6.45, 7) is 15.0. The molecule has 0 saturated carbocycles. The maximum atomic E-state index is 6.53. The van der Waals surface area contributed by atoms with Crippen molar-refractivity contribution < 1.29 is 9.05 Å². The summed E-state index contributed by atoms with van der Waals surface area (Å²) < 4.78 is 13.1. The van der Waals surface area contributed by atoms with Gasteiger partial charge in [-0.05, 0) is 62.5 Å². The molecule has 0 N–H and O–H groups in total. The molecule has 0 aromatic heterocycles. The highest BCUT2D eigenvalue weighted by Crippen LogP contribution is 2.70. The van der Waals surface area contributed by atoms with Gasteiger partial charge in [0, 0.05) is 0 Å². The molecule has 0 atom stereocenters. The van der Waals surface area contributed by atoms with Gasteiger partial charge in [0.2, 0.25) is 0 Å². The van der Waals surface area contributed by atoms with E-state index in [0.717, 1.165) is 13.2 Å². The minimum Gasteiger partial charge on any atom is -0.327 e. The zero-order valence-electron chi connectivity index (χ0n) is 18.0. The van der Waals surface area contributed by atoms with Crippen LogP contribution in [0.3, 0.4) is 0 Å². The first kappa shape index (κ1) is 26.1. The van der Waals surface area contributed by atoms with Gasteiger partial charge in [0.1, 0.15) is 0 Å². The minimum absolute atomic E-state index is 0.722. The molecule has 0 spiro atoms. The molecular weight excluding hydrogens is 367 g/mol. The Morgan fingerprint density at radius 3 is 1.08 bits per heavy atom. The van der Waals surface area contributed by atoms with E-state index in [2.05, 4.69) is 41.5 Å². The van der Waals surface area contributed by atoms with Gasteiger partial charge in [-0.1, -0.05) is 65.6 Å². The topological polar surface area (TPSA) is 18.5 Å². The van der Waals surface area contributed by atoms with Gasteiger partial charge in [-0.3, -0.25) is 0 Å². The van der Waals surface area contributed by atoms with Crippen LogP contribution in [0.1, 0.15) is 92.9 Å². The largest absolute Gasteiger partial charge is 0.327 e. The van der Waals surface area contributed by atoms with Gasteiger partial charge in [-0.2, -0.15) is 8.34 Å². The maximum Gasteiger partial charge on any atom is 0.189 e. The maximum absolute atomic E-state index is 6.53. The van der Waals surface area contributed by atoms with Gasteiger partial charge in [0.25, 0.3) is 0 Å². The van der Waals surface area contributed by atoms with Crippen LogP contribution in [0.25, 0.3) is 0 Å². The Hall–Kier alpha value is 1.05. The molecule has 5 heteroatoms. The molecule has 0 bridgehead atoms. The Morgan fingerprint density at radius 2 is 0.880 bits per heavy atom. The van der Waals surface area contributed by atoms with Crippen LogP contribution in [0.4, 0.5) is 0 Å². The highest BCUT2D eigenvalue weighted by atomic mass is 33.0. The summed E-state index contributed by atoms with van der Waals surface area (Å²) in [6, 6.07) is 0. The Morgan fingerprint density at radius 1 is 0.600 bits per heavy atom. The zero-order chi connectivity index (χ0) is 19.3. The quantitative estimate of drug-likeness (QED) is 0.207. The van der Waals surface area contributed by atoms with Gasteiger partial charge in [0.15, 0.2) is 5.69 Å². The van der Waals surface area contributed by atoms with Gasteiger partial charge >= 0.3 is 0 Å². The second-order valence-electron chi connectivity index (χ2n) is 7.28. The summed E-state index contributed by atoms with van der Waals surface area (Å²) in [7, 11) is -1.87. The summed E-state index contributed by atoms with van der Waals surface area (Å²) >= 11 is 5.35. The fourth-order valence-corrected chi connectivity index (χ4v) is 21.8. The zero-order valence-corrected chi connectivity index (χ0v) is 20.6. The molecule has 0 saturated heterocycles. The summed E-state index contributed by atoms with van der Waals surface area (Å²) in [5.74, 6) is 5.24. The Bertz CT molecular complexity index is 372. The third-order valence-corrected chi connectivity index (χ3v) is 24.7. The monoisotopic (exact) mass is 414 g/mol. The van der Waals surface area contributed by atoms with Crippen molar-refractivity contribution in [1.82, 2.24) is 0 Å². The lowest BCUT2D eigenvalue weighted by Crippen LogP contribution is -2.47. The second kappa shape index (κ2) is 13.3. The van der Waals surface area contributed by atoms with Gasteiger partial charge in [-0.15, -0.1) is 0 Å². The van der Waals surface area contributed by atoms with Crippen LogP contribution >= 0.6 is 17.9 Å². The predicted octanol–water partition coefficient (Wildman–Crippen LogP) is 7.56. The third kappa shape index (κ3) is 6.56. The lowest BCUT2D eigenvalue weighted by Gasteiger charge is -2.56. The van der Waals surface area contributed by atoms with Gasteiger partial charge in [0.05, 0.1) is 13.2 Å². The molecule has 0 aromatic carbocycles. The van der Waals surface area contributed by atoms with Crippen molar-refractivity contribution in [1.29, 1.82) is 0 Å². The van der Waals surface area contributed by atoms with E-state index in [4.69, 9.17) is 21.3 Å². The van der Waals surface area contributed by atoms with E-state index in [1.807, 2.05) is 0 Å². The van der Waals surface area contributed by atoms with Crippen molar-refractivity contribution in [3.05, 3.63) is 0 Å². The molecule has 0 rings (SSSR count). The molecule has 0 aliphatic rings. The standard InChI is InChI=1S/C20H47O2PS2/c1-7-13-17-25(18-14-8-2,19-15-9-3,20-16-10-4)23(24,21-11-5)22-12-6/h24H,7-20H2,1-6H3. The SMILES string of the molecule is CCCCS(CCCC)(CCCC)(CCCC)=P(S)(OCC)OCC. The van der Waals surface area contributed by atoms with Crippen molar-refractivity contribution in [2.24, 2.45) is 0 Å². The molecule has 2 nitrogen and oxygen atoms in total. The molecule has 0 aliphatic carbocycles. The van der Waals surface area contributed by atoms with Crippen LogP contribution in [-0.2, 0) is 17.4 Å². The lowest BCUT2D eigenvalue weighted by atomic mass is 10.4. The van der Waals surface area contributed by atoms with Crippen molar-refractivity contribution in [2.75, 3.05) is 36.2 Å². The van der Waals surface area contributed by atoms with Crippen LogP contribution in [-0.4, -0.2) is 36.2 Å². The molecule has 0 radical (unpaired) electrons. The summed E-state index contributed by atoms with van der Waals surface area (Å²) in [4.78, 5) is 0. The van der Waals surface area contributed by atoms with Gasteiger partial charge < -0.3 is 9.05 Å². The molecule has 25 heavy (non-hydrogen) atoms. The Balaban J connectivity index is 6.71. The third-order valence-electron chi connectivity index (χ3n) is 5.33. The average molecular weight is 415 g/mol. The van der Waals surface area contributed by atoms with Crippen molar-refractivity contribution >= 4 is 26.3 Å². The molecular formula is C20H47O2PS2. The molecule has 0 aliphatic heterocycles. The van der Waals surface area contributed by atoms with E-state index in [0.29, 0.717) is 0 Å². The first-order valence-corrected chi connectivity index (χ1v) is 16.8. The summed E-state index contributed by atoms with van der Waals surface area (Å²) in [5, 5.41) is 0. The van der Waals surface area contributed by atoms with E-state index < -0.39 is 14.0 Å². The fourth-order valence-electron chi connectivity index (χ4n) is 3.80. The first-order valence-electron chi connectivity index (χ1n) is 10.7. The molecule has 0 unspecified atom stereocenters. The Kier molecular flexibility index (Phi) is 13.8. The number of hydrogen-bond acceptors (Lipinski definition) is 2. The Labute approximate surface area is 164 Å². The molecule has 0 aromatic rings. The van der Waals surface area contributed by atoms with Crippen molar-refractivity contribution in [2.45, 2.75) is 92.9 Å². The van der Waals surface area contributed by atoms with E-state index in [-0.39, 0.29) is 0 Å². The van der Waals surface area contributed by atoms with Crippen LogP contribution in [0.15, 0.2) is 0 Å². The van der Waals surface area contributed by atoms with Gasteiger partial charge in [-0.25, -0.2) is 0 Å². The summed E-state index contributed by atoms with van der Waals surface area (Å²) in [5.41, 5.74) is -2.16. The average Bonchev–Trinajstić information content (AvgIpc) is 2.61. The molecule has 0 amide bonds. The number of rotatable bonds is 16. The first-order chi connectivity index (χ1) is 11.9. The predicted molar refractivity (Wildman–Crippen MR) is 126 cm³/mol. The van der Waals surface area contributed by atoms with E-state index in [1.165, 1.54) is 74.4 Å². The molecule has 0 fully saturated rings. The summed E-state index contributed by atoms with van der Waals surface area (Å²) in [6.07, 6.45) is 10.2. The highest BCUT2D eigenvalue weighted by Gasteiger charge is 2.42. The van der Waals surface area contributed by atoms with E-state index in [9.17, 15) is 0 Å². The lowest BCUT2D eigenvalue weighted by molar-refractivity contribution is 0.280. The fraction of sp³-hybridized carbons (Fsp3) is 1.00. The normalized spacial score (nSPS) is 14.4. The van der Waals surface area contributed by atoms with E-state index in [1.54, 1.807) is 0 Å². The van der Waals surface area contributed by atoms with Crippen molar-refractivity contribution in [3.63, 3.8) is 0 Å². The van der Waals surface area contributed by atoms with Crippen LogP contribution in [0.5, 0.6) is 0 Å². The van der Waals surface area contributed by atoms with Crippen molar-refractivity contribution in [3.8, 4) is 0 Å². The van der Waals surface area contributed by atoms with Crippen LogP contribution in [0.2, 0.25) is 0 Å². The second-order valence-corrected chi connectivity index (χ2v) is 20.8. The number of unbranched alkanes of at least 4 members (excludes halogenated alkanes) is 4. The molecule has 156 valence electrons. The van der Waals surface area contributed by atoms with Crippen LogP contribution in [0, 0.1) is 0 Å². The number of hydrogen-bond donors (Lipinski definition) is 1. The number of thiol groups is 1.